The summed E-state index contributed by atoms with van der Waals surface area (Å²) in [5.41, 5.74) is 2.86. The molecular formula is C21H23ClN4O2. The van der Waals surface area contributed by atoms with E-state index in [0.717, 1.165) is 16.8 Å². The highest BCUT2D eigenvalue weighted by Crippen LogP contribution is 2.14. The molecule has 146 valence electrons. The minimum absolute atomic E-state index is 0.131. The topological polar surface area (TPSA) is 69.0 Å². The molecule has 0 aliphatic heterocycles. The number of halogens is 1. The van der Waals surface area contributed by atoms with Gasteiger partial charge in [-0.1, -0.05) is 35.9 Å². The molecule has 0 saturated carbocycles. The largest absolute Gasteiger partial charge is 0.374 e. The molecule has 0 fully saturated rings. The van der Waals surface area contributed by atoms with Crippen LogP contribution in [0.15, 0.2) is 48.5 Å². The van der Waals surface area contributed by atoms with Gasteiger partial charge >= 0.3 is 0 Å². The normalized spacial score (nSPS) is 11.0. The molecule has 0 bridgehead atoms. The highest BCUT2D eigenvalue weighted by atomic mass is 35.5. The second kappa shape index (κ2) is 8.99. The van der Waals surface area contributed by atoms with E-state index in [9.17, 15) is 4.79 Å². The summed E-state index contributed by atoms with van der Waals surface area (Å²) in [6.07, 6.45) is 0.174. The van der Waals surface area contributed by atoms with Gasteiger partial charge < -0.3 is 10.1 Å². The molecule has 1 heterocycles. The first-order valence-electron chi connectivity index (χ1n) is 9.09. The first kappa shape index (κ1) is 20.0. The van der Waals surface area contributed by atoms with Gasteiger partial charge in [-0.05, 0) is 56.2 Å². The first-order chi connectivity index (χ1) is 13.4. The van der Waals surface area contributed by atoms with Gasteiger partial charge in [-0.3, -0.25) is 4.79 Å². The second-order valence-corrected chi connectivity index (χ2v) is 7.17. The summed E-state index contributed by atoms with van der Waals surface area (Å²) in [6.45, 7) is 6.75. The maximum absolute atomic E-state index is 12.5. The van der Waals surface area contributed by atoms with Crippen LogP contribution >= 0.6 is 11.6 Å². The summed E-state index contributed by atoms with van der Waals surface area (Å²) in [5, 5.41) is 7.83. The Morgan fingerprint density at radius 1 is 1.18 bits per heavy atom. The van der Waals surface area contributed by atoms with Crippen LogP contribution in [0.25, 0.3) is 5.69 Å². The molecule has 0 saturated heterocycles. The van der Waals surface area contributed by atoms with Crippen molar-refractivity contribution >= 4 is 17.5 Å². The van der Waals surface area contributed by atoms with Crippen LogP contribution in [0.1, 0.15) is 41.4 Å². The lowest BCUT2D eigenvalue weighted by Gasteiger charge is -2.09. The summed E-state index contributed by atoms with van der Waals surface area (Å²) < 4.78 is 7.24. The van der Waals surface area contributed by atoms with E-state index >= 15 is 0 Å². The molecule has 3 rings (SSSR count). The third-order valence-corrected chi connectivity index (χ3v) is 4.32. The number of carbonyl (C=O) groups is 1. The molecule has 0 aliphatic rings. The number of amides is 1. The number of aryl methyl sites for hydroxylation is 1. The Balaban J connectivity index is 1.65. The van der Waals surface area contributed by atoms with Crippen molar-refractivity contribution in [2.24, 2.45) is 0 Å². The van der Waals surface area contributed by atoms with E-state index < -0.39 is 0 Å². The van der Waals surface area contributed by atoms with Gasteiger partial charge in [0.2, 0.25) is 5.82 Å². The van der Waals surface area contributed by atoms with Crippen molar-refractivity contribution < 1.29 is 9.53 Å². The number of hydrogen-bond acceptors (Lipinski definition) is 4. The van der Waals surface area contributed by atoms with Crippen LogP contribution in [0.3, 0.4) is 0 Å². The molecule has 1 N–H and O–H groups in total. The van der Waals surface area contributed by atoms with Crippen molar-refractivity contribution in [1.29, 1.82) is 0 Å². The molecule has 0 aliphatic carbocycles. The number of rotatable bonds is 7. The molecule has 28 heavy (non-hydrogen) atoms. The maximum atomic E-state index is 12.5. The van der Waals surface area contributed by atoms with Crippen molar-refractivity contribution in [3.05, 3.63) is 76.3 Å². The number of carbonyl (C=O) groups excluding carboxylic acids is 1. The molecule has 6 nitrogen and oxygen atoms in total. The molecule has 1 amide bonds. The highest BCUT2D eigenvalue weighted by Gasteiger charge is 2.15. The summed E-state index contributed by atoms with van der Waals surface area (Å²) in [5.74, 6) is 0.437. The van der Waals surface area contributed by atoms with E-state index in [-0.39, 0.29) is 17.8 Å². The number of nitrogens with zero attached hydrogens (tertiary/aromatic N) is 3. The van der Waals surface area contributed by atoms with Crippen LogP contribution in [-0.2, 0) is 17.9 Å². The number of benzene rings is 2. The van der Waals surface area contributed by atoms with E-state index in [4.69, 9.17) is 16.3 Å². The lowest BCUT2D eigenvalue weighted by molar-refractivity contribution is 0.0657. The molecule has 7 heteroatoms. The Labute approximate surface area is 169 Å². The van der Waals surface area contributed by atoms with Crippen molar-refractivity contribution in [3.8, 4) is 5.69 Å². The average molecular weight is 399 g/mol. The van der Waals surface area contributed by atoms with Crippen LogP contribution in [0.5, 0.6) is 0 Å². The van der Waals surface area contributed by atoms with Gasteiger partial charge in [0.05, 0.1) is 18.4 Å². The standard InChI is InChI=1S/C21H23ClN4O2/c1-14(2)28-13-17-6-4-5-16(11-17)12-23-21(27)20-24-15(3)26(25-20)19-9-7-18(22)8-10-19/h4-11,14H,12-13H2,1-3H3,(H,23,27). The van der Waals surface area contributed by atoms with Gasteiger partial charge in [-0.25, -0.2) is 9.67 Å². The van der Waals surface area contributed by atoms with Crippen molar-refractivity contribution in [2.75, 3.05) is 0 Å². The van der Waals surface area contributed by atoms with E-state index in [1.54, 1.807) is 23.7 Å². The zero-order valence-electron chi connectivity index (χ0n) is 16.1. The third kappa shape index (κ3) is 5.18. The van der Waals surface area contributed by atoms with E-state index in [1.807, 2.05) is 50.2 Å². The summed E-state index contributed by atoms with van der Waals surface area (Å²) in [4.78, 5) is 16.7. The van der Waals surface area contributed by atoms with Crippen LogP contribution < -0.4 is 5.32 Å². The van der Waals surface area contributed by atoms with Crippen molar-refractivity contribution in [1.82, 2.24) is 20.1 Å². The summed E-state index contributed by atoms with van der Waals surface area (Å²) in [7, 11) is 0. The minimum Gasteiger partial charge on any atom is -0.374 e. The average Bonchev–Trinajstić information content (AvgIpc) is 3.07. The molecule has 0 radical (unpaired) electrons. The van der Waals surface area contributed by atoms with Gasteiger partial charge in [0.25, 0.3) is 5.91 Å². The SMILES string of the molecule is Cc1nc(C(=O)NCc2cccc(COC(C)C)c2)nn1-c1ccc(Cl)cc1. The lowest BCUT2D eigenvalue weighted by atomic mass is 10.1. The smallest absolute Gasteiger partial charge is 0.291 e. The number of hydrogen-bond donors (Lipinski definition) is 1. The fourth-order valence-corrected chi connectivity index (χ4v) is 2.79. The highest BCUT2D eigenvalue weighted by molar-refractivity contribution is 6.30. The molecule has 2 aromatic carbocycles. The Hall–Kier alpha value is -2.70. The quantitative estimate of drug-likeness (QED) is 0.651. The van der Waals surface area contributed by atoms with Crippen LogP contribution in [-0.4, -0.2) is 26.8 Å². The Morgan fingerprint density at radius 3 is 2.61 bits per heavy atom. The van der Waals surface area contributed by atoms with Gasteiger partial charge in [0.1, 0.15) is 5.82 Å². The fourth-order valence-electron chi connectivity index (χ4n) is 2.67. The second-order valence-electron chi connectivity index (χ2n) is 6.73. The minimum atomic E-state index is -0.320. The zero-order chi connectivity index (χ0) is 20.1. The number of ether oxygens (including phenoxy) is 1. The van der Waals surface area contributed by atoms with E-state index in [1.165, 1.54) is 0 Å². The van der Waals surface area contributed by atoms with Gasteiger partial charge in [0.15, 0.2) is 0 Å². The molecule has 0 atom stereocenters. The Kier molecular flexibility index (Phi) is 6.44. The predicted octanol–water partition coefficient (Wildman–Crippen LogP) is 4.08. The van der Waals surface area contributed by atoms with Crippen molar-refractivity contribution in [3.63, 3.8) is 0 Å². The predicted molar refractivity (Wildman–Crippen MR) is 109 cm³/mol. The van der Waals surface area contributed by atoms with Crippen LogP contribution in [0, 0.1) is 6.92 Å². The molecule has 0 spiro atoms. The Bertz CT molecular complexity index is 951. The maximum Gasteiger partial charge on any atom is 0.291 e. The van der Waals surface area contributed by atoms with E-state index in [0.29, 0.717) is 24.0 Å². The van der Waals surface area contributed by atoms with Gasteiger partial charge in [-0.15, -0.1) is 5.10 Å². The number of nitrogens with one attached hydrogen (secondary N) is 1. The number of aromatic nitrogens is 3. The molecule has 3 aromatic rings. The van der Waals surface area contributed by atoms with Gasteiger partial charge in [0, 0.05) is 11.6 Å². The molecule has 1 aromatic heterocycles. The monoisotopic (exact) mass is 398 g/mol. The van der Waals surface area contributed by atoms with Gasteiger partial charge in [-0.2, -0.15) is 0 Å². The summed E-state index contributed by atoms with van der Waals surface area (Å²) >= 11 is 5.92. The summed E-state index contributed by atoms with van der Waals surface area (Å²) in [6, 6.07) is 15.1. The zero-order valence-corrected chi connectivity index (χ0v) is 16.9. The van der Waals surface area contributed by atoms with Crippen LogP contribution in [0.4, 0.5) is 0 Å². The molecular weight excluding hydrogens is 376 g/mol. The van der Waals surface area contributed by atoms with Crippen molar-refractivity contribution in [2.45, 2.75) is 40.0 Å². The third-order valence-electron chi connectivity index (χ3n) is 4.07. The van der Waals surface area contributed by atoms with Crippen LogP contribution in [0.2, 0.25) is 5.02 Å². The lowest BCUT2D eigenvalue weighted by Crippen LogP contribution is -2.24. The fraction of sp³-hybridized carbons (Fsp3) is 0.286. The Morgan fingerprint density at radius 2 is 1.89 bits per heavy atom. The van der Waals surface area contributed by atoms with E-state index in [2.05, 4.69) is 15.4 Å². The first-order valence-corrected chi connectivity index (χ1v) is 9.47. The molecule has 0 unspecified atom stereocenters.